The molecule has 1 aliphatic rings. The summed E-state index contributed by atoms with van der Waals surface area (Å²) in [4.78, 5) is 11.9. The maximum absolute atomic E-state index is 14.4. The highest BCUT2D eigenvalue weighted by molar-refractivity contribution is 6.47. The fourth-order valence-corrected chi connectivity index (χ4v) is 2.25. The number of alkyl halides is 9. The molecule has 156 valence electrons. The average molecular weight is 425 g/mol. The van der Waals surface area contributed by atoms with Crippen LogP contribution in [0.2, 0.25) is 0 Å². The minimum atomic E-state index is -7.34. The van der Waals surface area contributed by atoms with Crippen molar-refractivity contribution in [2.24, 2.45) is 5.16 Å². The Morgan fingerprint density at radius 1 is 0.893 bits per heavy atom. The summed E-state index contributed by atoms with van der Waals surface area (Å²) in [5, 5.41) is 23.6. The van der Waals surface area contributed by atoms with Crippen LogP contribution in [0.1, 0.15) is 0 Å². The first-order valence-electron chi connectivity index (χ1n) is 6.88. The highest BCUT2D eigenvalue weighted by Crippen LogP contribution is 2.56. The van der Waals surface area contributed by atoms with Crippen LogP contribution in [0, 0.1) is 0 Å². The Balaban J connectivity index is 2.74. The zero-order chi connectivity index (χ0) is 21.8. The van der Waals surface area contributed by atoms with E-state index in [0.29, 0.717) is 0 Å². The standard InChI is InChI=1S/C13H8F9N3O3/c14-10(15,11(16,17)12(18,19)13(20,21)22)9(27)7(25-28)8(26)23-5-3-1-2-4-6(5)24-9/h1-4,24,27-28H,(H,23,26)/b25-7-/t9-/m1/s1. The van der Waals surface area contributed by atoms with Crippen LogP contribution in [0.3, 0.4) is 0 Å². The van der Waals surface area contributed by atoms with Crippen molar-refractivity contribution in [1.29, 1.82) is 0 Å². The molecule has 0 saturated carbocycles. The van der Waals surface area contributed by atoms with Crippen molar-refractivity contribution in [2.75, 3.05) is 10.6 Å². The molecule has 1 aromatic carbocycles. The summed E-state index contributed by atoms with van der Waals surface area (Å²) >= 11 is 0. The number of anilines is 2. The average Bonchev–Trinajstić information content (AvgIpc) is 2.66. The molecule has 4 N–H and O–H groups in total. The summed E-state index contributed by atoms with van der Waals surface area (Å²) in [6, 6.07) is 4.00. The number of benzene rings is 1. The van der Waals surface area contributed by atoms with Gasteiger partial charge in [0.1, 0.15) is 0 Å². The fourth-order valence-electron chi connectivity index (χ4n) is 2.25. The number of hydrogen-bond acceptors (Lipinski definition) is 5. The second kappa shape index (κ2) is 6.15. The normalized spacial score (nSPS) is 22.9. The smallest absolute Gasteiger partial charge is 0.410 e. The number of hydrogen-bond donors (Lipinski definition) is 4. The lowest BCUT2D eigenvalue weighted by Crippen LogP contribution is -2.73. The summed E-state index contributed by atoms with van der Waals surface area (Å²) in [5.74, 6) is -23.3. The summed E-state index contributed by atoms with van der Waals surface area (Å²) < 4.78 is 119. The van der Waals surface area contributed by atoms with Gasteiger partial charge < -0.3 is 20.9 Å². The van der Waals surface area contributed by atoms with Crippen LogP contribution in [-0.2, 0) is 4.79 Å². The zero-order valence-corrected chi connectivity index (χ0v) is 13.0. The van der Waals surface area contributed by atoms with E-state index in [4.69, 9.17) is 5.21 Å². The van der Waals surface area contributed by atoms with Gasteiger partial charge >= 0.3 is 23.9 Å². The predicted molar refractivity (Wildman–Crippen MR) is 73.8 cm³/mol. The molecule has 2 rings (SSSR count). The molecule has 6 nitrogen and oxygen atoms in total. The molecule has 28 heavy (non-hydrogen) atoms. The SMILES string of the molecule is O=C1Nc2ccccc2N[C@](O)(C(F)(F)C(F)(F)C(F)(F)C(F)(F)F)/C1=N\O. The molecule has 0 spiro atoms. The van der Waals surface area contributed by atoms with Gasteiger partial charge in [0.05, 0.1) is 11.4 Å². The number of carbonyl (C=O) groups is 1. The summed E-state index contributed by atoms with van der Waals surface area (Å²) in [5.41, 5.74) is -8.50. The summed E-state index contributed by atoms with van der Waals surface area (Å²) in [7, 11) is 0. The number of fused-ring (bicyclic) bond motifs is 1. The minimum Gasteiger partial charge on any atom is -0.410 e. The maximum atomic E-state index is 14.4. The van der Waals surface area contributed by atoms with E-state index in [9.17, 15) is 49.4 Å². The topological polar surface area (TPSA) is 94.0 Å². The minimum absolute atomic E-state index is 0.466. The molecular weight excluding hydrogens is 417 g/mol. The molecular formula is C13H8F9N3O3. The van der Waals surface area contributed by atoms with Crippen molar-refractivity contribution in [3.05, 3.63) is 24.3 Å². The van der Waals surface area contributed by atoms with Crippen molar-refractivity contribution in [3.8, 4) is 0 Å². The number of aliphatic hydroxyl groups is 1. The third-order valence-corrected chi connectivity index (χ3v) is 3.75. The van der Waals surface area contributed by atoms with Gasteiger partial charge in [-0.3, -0.25) is 4.79 Å². The van der Waals surface area contributed by atoms with Gasteiger partial charge in [-0.2, -0.15) is 39.5 Å². The number of carbonyl (C=O) groups excluding carboxylic acids is 1. The van der Waals surface area contributed by atoms with Crippen molar-refractivity contribution in [3.63, 3.8) is 0 Å². The lowest BCUT2D eigenvalue weighted by molar-refractivity contribution is -0.408. The second-order valence-electron chi connectivity index (χ2n) is 5.50. The van der Waals surface area contributed by atoms with E-state index in [1.54, 1.807) is 5.32 Å². The van der Waals surface area contributed by atoms with Gasteiger partial charge in [-0.1, -0.05) is 17.3 Å². The Hall–Kier alpha value is -2.71. The van der Waals surface area contributed by atoms with E-state index < -0.39 is 52.7 Å². The molecule has 1 heterocycles. The molecule has 0 unspecified atom stereocenters. The van der Waals surface area contributed by atoms with Crippen LogP contribution in [0.25, 0.3) is 0 Å². The second-order valence-corrected chi connectivity index (χ2v) is 5.50. The van der Waals surface area contributed by atoms with Crippen molar-refractivity contribution < 1.29 is 54.6 Å². The fraction of sp³-hybridized carbons (Fsp3) is 0.385. The molecule has 0 aromatic heterocycles. The number of oxime groups is 1. The van der Waals surface area contributed by atoms with Gasteiger partial charge in [0, 0.05) is 0 Å². The monoisotopic (exact) mass is 425 g/mol. The lowest BCUT2D eigenvalue weighted by atomic mass is 9.89. The van der Waals surface area contributed by atoms with Crippen molar-refractivity contribution in [2.45, 2.75) is 29.7 Å². The van der Waals surface area contributed by atoms with Crippen LogP contribution >= 0.6 is 0 Å². The number of para-hydroxylation sites is 2. The van der Waals surface area contributed by atoms with Gasteiger partial charge in [-0.15, -0.1) is 0 Å². The van der Waals surface area contributed by atoms with Crippen LogP contribution in [-0.4, -0.2) is 51.6 Å². The Labute approximate surface area is 148 Å². The Morgan fingerprint density at radius 2 is 1.39 bits per heavy atom. The zero-order valence-electron chi connectivity index (χ0n) is 13.0. The van der Waals surface area contributed by atoms with Crippen molar-refractivity contribution >= 4 is 23.0 Å². The molecule has 15 heteroatoms. The largest absolute Gasteiger partial charge is 0.460 e. The highest BCUT2D eigenvalue weighted by Gasteiger charge is 2.87. The van der Waals surface area contributed by atoms with Crippen LogP contribution in [0.15, 0.2) is 29.4 Å². The molecule has 0 aliphatic carbocycles. The predicted octanol–water partition coefficient (Wildman–Crippen LogP) is 3.04. The van der Waals surface area contributed by atoms with E-state index >= 15 is 0 Å². The Morgan fingerprint density at radius 3 is 1.86 bits per heavy atom. The van der Waals surface area contributed by atoms with E-state index in [2.05, 4.69) is 0 Å². The molecule has 1 aliphatic heterocycles. The van der Waals surface area contributed by atoms with E-state index in [0.717, 1.165) is 18.2 Å². The first kappa shape index (κ1) is 21.6. The first-order valence-corrected chi connectivity index (χ1v) is 6.88. The van der Waals surface area contributed by atoms with Gasteiger partial charge in [-0.05, 0) is 12.1 Å². The van der Waals surface area contributed by atoms with E-state index in [1.165, 1.54) is 11.4 Å². The number of amides is 1. The van der Waals surface area contributed by atoms with Crippen LogP contribution in [0.5, 0.6) is 0 Å². The van der Waals surface area contributed by atoms with Gasteiger partial charge in [-0.25, -0.2) is 0 Å². The first-order chi connectivity index (χ1) is 12.5. The highest BCUT2D eigenvalue weighted by atomic mass is 19.4. The van der Waals surface area contributed by atoms with Gasteiger partial charge in [0.25, 0.3) is 11.6 Å². The van der Waals surface area contributed by atoms with Crippen LogP contribution < -0.4 is 10.6 Å². The van der Waals surface area contributed by atoms with E-state index in [-0.39, 0.29) is 0 Å². The molecule has 0 radical (unpaired) electrons. The summed E-state index contributed by atoms with van der Waals surface area (Å²) in [6.45, 7) is 0. The number of halogens is 9. The number of nitrogens with one attached hydrogen (secondary N) is 2. The van der Waals surface area contributed by atoms with E-state index in [1.807, 2.05) is 5.16 Å². The van der Waals surface area contributed by atoms with Crippen molar-refractivity contribution in [1.82, 2.24) is 0 Å². The number of rotatable bonds is 3. The number of nitrogens with zero attached hydrogens (tertiary/aromatic N) is 1. The molecule has 0 saturated heterocycles. The lowest BCUT2D eigenvalue weighted by Gasteiger charge is -2.41. The molecule has 1 aromatic rings. The molecule has 0 bridgehead atoms. The third-order valence-electron chi connectivity index (χ3n) is 3.75. The molecule has 0 fully saturated rings. The molecule has 1 atom stereocenters. The Kier molecular flexibility index (Phi) is 4.74. The maximum Gasteiger partial charge on any atom is 0.460 e. The Bertz CT molecular complexity index is 825. The van der Waals surface area contributed by atoms with Gasteiger partial charge in [0.2, 0.25) is 5.71 Å². The third kappa shape index (κ3) is 2.71. The molecule has 1 amide bonds. The quantitative estimate of drug-likeness (QED) is 0.340. The van der Waals surface area contributed by atoms with Gasteiger partial charge in [0.15, 0.2) is 0 Å². The van der Waals surface area contributed by atoms with Crippen LogP contribution in [0.4, 0.5) is 50.9 Å². The summed E-state index contributed by atoms with van der Waals surface area (Å²) in [6.07, 6.45) is -7.16.